The minimum atomic E-state index is -1.49. The predicted octanol–water partition coefficient (Wildman–Crippen LogP) is 5.00. The van der Waals surface area contributed by atoms with Crippen LogP contribution in [0.15, 0.2) is 53.4 Å². The Morgan fingerprint density at radius 2 is 1.78 bits per heavy atom. The fourth-order valence-corrected chi connectivity index (χ4v) is 6.01. The fraction of sp³-hybridized carbons (Fsp3) is 0.448. The van der Waals surface area contributed by atoms with Crippen molar-refractivity contribution in [1.29, 1.82) is 0 Å². The van der Waals surface area contributed by atoms with E-state index in [4.69, 9.17) is 14.5 Å². The second kappa shape index (κ2) is 12.3. The summed E-state index contributed by atoms with van der Waals surface area (Å²) in [5.74, 6) is 1.49. The van der Waals surface area contributed by atoms with Crippen LogP contribution in [0.4, 0.5) is 5.95 Å². The monoisotopic (exact) mass is 520 g/mol. The third-order valence-electron chi connectivity index (χ3n) is 7.28. The van der Waals surface area contributed by atoms with E-state index in [0.717, 1.165) is 79.8 Å². The number of rotatable bonds is 4. The summed E-state index contributed by atoms with van der Waals surface area (Å²) < 4.78 is 28.0. The van der Waals surface area contributed by atoms with Crippen molar-refractivity contribution in [3.05, 3.63) is 65.2 Å². The fourth-order valence-electron chi connectivity index (χ4n) is 5.17. The Balaban J connectivity index is 1.44. The van der Waals surface area contributed by atoms with Crippen LogP contribution in [-0.4, -0.2) is 46.9 Å². The van der Waals surface area contributed by atoms with E-state index in [-0.39, 0.29) is 6.04 Å². The first-order valence-corrected chi connectivity index (χ1v) is 14.4. The van der Waals surface area contributed by atoms with Crippen LogP contribution < -0.4 is 14.8 Å². The van der Waals surface area contributed by atoms with Gasteiger partial charge in [0.2, 0.25) is 5.88 Å². The first kappa shape index (κ1) is 26.0. The zero-order valence-corrected chi connectivity index (χ0v) is 22.5. The molecule has 1 aromatic heterocycles. The smallest absolute Gasteiger partial charge is 0.269 e. The molecule has 196 valence electrons. The van der Waals surface area contributed by atoms with Gasteiger partial charge in [-0.05, 0) is 87.2 Å². The van der Waals surface area contributed by atoms with Crippen molar-refractivity contribution in [1.82, 2.24) is 15.3 Å². The highest BCUT2D eigenvalue weighted by Gasteiger charge is 2.21. The van der Waals surface area contributed by atoms with Crippen molar-refractivity contribution in [2.45, 2.75) is 56.9 Å². The van der Waals surface area contributed by atoms with Crippen molar-refractivity contribution in [2.75, 3.05) is 31.1 Å². The van der Waals surface area contributed by atoms with E-state index >= 15 is 0 Å². The molecule has 4 bridgehead atoms. The third-order valence-corrected chi connectivity index (χ3v) is 8.33. The number of ether oxygens (including phenoxy) is 2. The summed E-state index contributed by atoms with van der Waals surface area (Å²) in [6, 6.07) is 16.2. The van der Waals surface area contributed by atoms with E-state index in [0.29, 0.717) is 29.2 Å². The van der Waals surface area contributed by atoms with Gasteiger partial charge in [0.1, 0.15) is 18.0 Å². The Kier molecular flexibility index (Phi) is 8.61. The Morgan fingerprint density at radius 3 is 2.59 bits per heavy atom. The maximum Gasteiger partial charge on any atom is 0.269 e. The minimum absolute atomic E-state index is 0.207. The molecule has 2 atom stereocenters. The second-order valence-electron chi connectivity index (χ2n) is 10.0. The quantitative estimate of drug-likeness (QED) is 0.468. The van der Waals surface area contributed by atoms with Gasteiger partial charge in [-0.3, -0.25) is 0 Å². The maximum atomic E-state index is 13.2. The predicted molar refractivity (Wildman–Crippen MR) is 147 cm³/mol. The van der Waals surface area contributed by atoms with Crippen LogP contribution in [0.3, 0.4) is 0 Å². The van der Waals surface area contributed by atoms with Crippen molar-refractivity contribution < 1.29 is 14.0 Å². The van der Waals surface area contributed by atoms with Crippen molar-refractivity contribution >= 4 is 17.3 Å². The molecule has 3 aromatic rings. The van der Waals surface area contributed by atoms with E-state index < -0.39 is 11.4 Å². The van der Waals surface area contributed by atoms with Gasteiger partial charge in [0.15, 0.2) is 4.90 Å². The van der Waals surface area contributed by atoms with Gasteiger partial charge in [0, 0.05) is 30.9 Å². The number of nitrogens with one attached hydrogen (secondary N) is 2. The SMILES string of the molecule is Cc1cccc(C)c1-c1cc2nc(n1)N[S+]([O-])c1cccc(c1)CCNC(CCC1CCOCC1)CO2. The normalized spacial score (nSPS) is 20.9. The Labute approximate surface area is 222 Å². The lowest BCUT2D eigenvalue weighted by Gasteiger charge is -2.25. The van der Waals surface area contributed by atoms with Gasteiger partial charge in [-0.1, -0.05) is 30.3 Å². The molecular weight excluding hydrogens is 484 g/mol. The molecule has 0 aliphatic carbocycles. The standard InChI is InChI=1S/C29H36N4O3S/c1-20-5-3-6-21(2)28(20)26-18-27-32-29(31-26)33-37(34)25-8-4-7-23(17-25)11-14-30-24(19-36-27)10-9-22-12-15-35-16-13-22/h3-8,17-18,22,24,30H,9-16,19H2,1-2H3,(H,31,32,33). The number of fused-ring (bicyclic) bond motifs is 4. The van der Waals surface area contributed by atoms with E-state index in [1.807, 2.05) is 30.3 Å². The van der Waals surface area contributed by atoms with Crippen LogP contribution in [0.25, 0.3) is 11.3 Å². The van der Waals surface area contributed by atoms with Crippen LogP contribution in [0.5, 0.6) is 5.88 Å². The molecule has 2 aliphatic rings. The molecule has 2 aromatic carbocycles. The molecule has 3 heterocycles. The lowest BCUT2D eigenvalue weighted by Crippen LogP contribution is -2.37. The lowest BCUT2D eigenvalue weighted by atomic mass is 9.93. The van der Waals surface area contributed by atoms with Gasteiger partial charge < -0.3 is 19.3 Å². The third kappa shape index (κ3) is 6.82. The van der Waals surface area contributed by atoms with E-state index in [2.05, 4.69) is 47.1 Å². The Morgan fingerprint density at radius 1 is 1.00 bits per heavy atom. The largest absolute Gasteiger partial charge is 0.588 e. The maximum absolute atomic E-state index is 13.2. The molecule has 37 heavy (non-hydrogen) atoms. The van der Waals surface area contributed by atoms with Crippen LogP contribution >= 0.6 is 0 Å². The summed E-state index contributed by atoms with van der Waals surface area (Å²) in [6.07, 6.45) is 5.32. The summed E-state index contributed by atoms with van der Waals surface area (Å²) in [6.45, 7) is 7.22. The summed E-state index contributed by atoms with van der Waals surface area (Å²) in [5, 5.41) is 3.71. The number of hydrogen-bond donors (Lipinski definition) is 2. The molecule has 0 saturated carbocycles. The lowest BCUT2D eigenvalue weighted by molar-refractivity contribution is 0.0617. The Bertz CT molecular complexity index is 1180. The molecular formula is C29H36N4O3S. The first-order chi connectivity index (χ1) is 18.0. The molecule has 5 rings (SSSR count). The number of anilines is 1. The van der Waals surface area contributed by atoms with Gasteiger partial charge >= 0.3 is 0 Å². The van der Waals surface area contributed by atoms with Gasteiger partial charge in [-0.15, -0.1) is 0 Å². The van der Waals surface area contributed by atoms with Crippen LogP contribution in [-0.2, 0) is 22.5 Å². The van der Waals surface area contributed by atoms with Crippen molar-refractivity contribution in [2.24, 2.45) is 5.92 Å². The van der Waals surface area contributed by atoms with E-state index in [1.54, 1.807) is 0 Å². The van der Waals surface area contributed by atoms with Crippen LogP contribution in [0.1, 0.15) is 42.4 Å². The van der Waals surface area contributed by atoms with Crippen molar-refractivity contribution in [3.8, 4) is 17.1 Å². The summed E-state index contributed by atoms with van der Waals surface area (Å²) in [5.41, 5.74) is 5.19. The van der Waals surface area contributed by atoms with Crippen LogP contribution in [0, 0.1) is 19.8 Å². The Hall–Kier alpha value is -2.65. The molecule has 7 nitrogen and oxygen atoms in total. The molecule has 2 unspecified atom stereocenters. The van der Waals surface area contributed by atoms with Crippen LogP contribution in [0.2, 0.25) is 0 Å². The first-order valence-electron chi connectivity index (χ1n) is 13.2. The van der Waals surface area contributed by atoms with E-state index in [1.165, 1.54) is 0 Å². The second-order valence-corrected chi connectivity index (χ2v) is 11.3. The zero-order valence-electron chi connectivity index (χ0n) is 21.7. The number of nitrogens with zero attached hydrogens (tertiary/aromatic N) is 2. The molecule has 1 saturated heterocycles. The molecule has 2 aliphatic heterocycles. The molecule has 0 spiro atoms. The highest BCUT2D eigenvalue weighted by Crippen LogP contribution is 2.30. The molecule has 0 radical (unpaired) electrons. The van der Waals surface area contributed by atoms with Gasteiger partial charge in [0.05, 0.1) is 5.69 Å². The average Bonchev–Trinajstić information content (AvgIpc) is 2.90. The highest BCUT2D eigenvalue weighted by molar-refractivity contribution is 7.92. The molecule has 1 fully saturated rings. The minimum Gasteiger partial charge on any atom is -0.588 e. The number of aryl methyl sites for hydroxylation is 2. The highest BCUT2D eigenvalue weighted by atomic mass is 32.2. The van der Waals surface area contributed by atoms with Crippen molar-refractivity contribution in [3.63, 3.8) is 0 Å². The number of hydrogen-bond acceptors (Lipinski definition) is 7. The summed E-state index contributed by atoms with van der Waals surface area (Å²) in [4.78, 5) is 10.1. The molecule has 0 amide bonds. The molecule has 2 N–H and O–H groups in total. The van der Waals surface area contributed by atoms with Gasteiger partial charge in [0.25, 0.3) is 5.95 Å². The summed E-state index contributed by atoms with van der Waals surface area (Å²) >= 11 is -1.49. The van der Waals surface area contributed by atoms with Gasteiger partial charge in [-0.2, -0.15) is 9.71 Å². The summed E-state index contributed by atoms with van der Waals surface area (Å²) in [7, 11) is 0. The zero-order chi connectivity index (χ0) is 25.6. The van der Waals surface area contributed by atoms with Gasteiger partial charge in [-0.25, -0.2) is 4.98 Å². The van der Waals surface area contributed by atoms with E-state index in [9.17, 15) is 4.55 Å². The topological polar surface area (TPSA) is 91.4 Å². The number of benzene rings is 2. The number of aromatic nitrogens is 2. The molecule has 8 heteroatoms. The average molecular weight is 521 g/mol.